The number of aliphatic hydroxyl groups is 2. The minimum Gasteiger partial charge on any atom is -0.393 e. The number of fused-ring (bicyclic) bond motifs is 1. The van der Waals surface area contributed by atoms with Gasteiger partial charge in [0.15, 0.2) is 0 Å². The fraction of sp³-hybridized carbons (Fsp3) is 1.00. The van der Waals surface area contributed by atoms with Crippen molar-refractivity contribution in [2.75, 3.05) is 0 Å². The Morgan fingerprint density at radius 1 is 1.06 bits per heavy atom. The van der Waals surface area contributed by atoms with Crippen LogP contribution in [-0.4, -0.2) is 21.9 Å². The molecular formula is C14H24O2. The van der Waals surface area contributed by atoms with Gasteiger partial charge in [0.2, 0.25) is 0 Å². The van der Waals surface area contributed by atoms with E-state index in [4.69, 9.17) is 0 Å². The highest BCUT2D eigenvalue weighted by atomic mass is 16.3. The zero-order chi connectivity index (χ0) is 11.8. The molecule has 0 aliphatic heterocycles. The summed E-state index contributed by atoms with van der Waals surface area (Å²) >= 11 is 0. The molecule has 0 radical (unpaired) electrons. The normalized spacial score (nSPS) is 58.7. The van der Waals surface area contributed by atoms with E-state index in [2.05, 4.69) is 13.8 Å². The third-order valence-electron chi connectivity index (χ3n) is 6.67. The van der Waals surface area contributed by atoms with Gasteiger partial charge >= 0.3 is 0 Å². The highest BCUT2D eigenvalue weighted by Crippen LogP contribution is 2.69. The summed E-state index contributed by atoms with van der Waals surface area (Å²) in [6.45, 7) is 6.46. The minimum atomic E-state index is -0.607. The highest BCUT2D eigenvalue weighted by Gasteiger charge is 2.68. The predicted octanol–water partition coefficient (Wildman–Crippen LogP) is 2.33. The number of aliphatic hydroxyl groups excluding tert-OH is 1. The fourth-order valence-electron chi connectivity index (χ4n) is 5.18. The molecule has 2 nitrogen and oxygen atoms in total. The molecule has 92 valence electrons. The maximum atomic E-state index is 11.0. The molecule has 0 unspecified atom stereocenters. The molecule has 1 spiro atoms. The van der Waals surface area contributed by atoms with E-state index in [1.165, 1.54) is 6.42 Å². The molecule has 0 aromatic carbocycles. The third-order valence-corrected chi connectivity index (χ3v) is 6.67. The van der Waals surface area contributed by atoms with Crippen LogP contribution in [0.1, 0.15) is 52.9 Å². The smallest absolute Gasteiger partial charge is 0.0707 e. The van der Waals surface area contributed by atoms with Crippen LogP contribution in [0.2, 0.25) is 0 Å². The summed E-state index contributed by atoms with van der Waals surface area (Å²) in [7, 11) is 0. The fourth-order valence-corrected chi connectivity index (χ4v) is 5.18. The molecule has 0 heterocycles. The van der Waals surface area contributed by atoms with Crippen molar-refractivity contribution < 1.29 is 10.2 Å². The first-order valence-corrected chi connectivity index (χ1v) is 6.73. The van der Waals surface area contributed by atoms with Crippen LogP contribution in [0, 0.1) is 22.7 Å². The van der Waals surface area contributed by atoms with Crippen molar-refractivity contribution in [2.45, 2.75) is 64.6 Å². The van der Waals surface area contributed by atoms with E-state index in [0.29, 0.717) is 11.8 Å². The van der Waals surface area contributed by atoms with Gasteiger partial charge in [0.25, 0.3) is 0 Å². The SMILES string of the molecule is CC1(C)[C@H]2CC[C@]3(C2)[C@@H](CC[C@@H]3O)[C@@]1(C)O. The summed E-state index contributed by atoms with van der Waals surface area (Å²) in [5.74, 6) is 0.898. The van der Waals surface area contributed by atoms with Crippen molar-refractivity contribution in [3.63, 3.8) is 0 Å². The van der Waals surface area contributed by atoms with Crippen molar-refractivity contribution in [1.29, 1.82) is 0 Å². The molecule has 3 rings (SSSR count). The Labute approximate surface area is 98.1 Å². The Kier molecular flexibility index (Phi) is 1.96. The quantitative estimate of drug-likeness (QED) is 0.663. The van der Waals surface area contributed by atoms with Crippen LogP contribution in [0.25, 0.3) is 0 Å². The topological polar surface area (TPSA) is 40.5 Å². The first kappa shape index (κ1) is 11.0. The molecule has 0 aromatic rings. The molecule has 0 aromatic heterocycles. The van der Waals surface area contributed by atoms with Crippen molar-refractivity contribution in [3.8, 4) is 0 Å². The molecule has 5 atom stereocenters. The molecule has 2 bridgehead atoms. The highest BCUT2D eigenvalue weighted by molar-refractivity contribution is 5.18. The van der Waals surface area contributed by atoms with Crippen molar-refractivity contribution in [1.82, 2.24) is 0 Å². The zero-order valence-corrected chi connectivity index (χ0v) is 10.7. The largest absolute Gasteiger partial charge is 0.393 e. The second-order valence-corrected chi connectivity index (χ2v) is 7.19. The van der Waals surface area contributed by atoms with Gasteiger partial charge in [-0.25, -0.2) is 0 Å². The van der Waals surface area contributed by atoms with E-state index < -0.39 is 5.60 Å². The van der Waals surface area contributed by atoms with Crippen LogP contribution in [-0.2, 0) is 0 Å². The number of hydrogen-bond acceptors (Lipinski definition) is 2. The van der Waals surface area contributed by atoms with Gasteiger partial charge in [0, 0.05) is 5.41 Å². The van der Waals surface area contributed by atoms with Crippen molar-refractivity contribution >= 4 is 0 Å². The molecule has 0 saturated heterocycles. The Balaban J connectivity index is 2.10. The van der Waals surface area contributed by atoms with E-state index in [0.717, 1.165) is 25.7 Å². The molecule has 3 saturated carbocycles. The lowest BCUT2D eigenvalue weighted by atomic mass is 9.52. The van der Waals surface area contributed by atoms with Crippen LogP contribution >= 0.6 is 0 Å². The molecule has 2 N–H and O–H groups in total. The minimum absolute atomic E-state index is 0.00171. The first-order chi connectivity index (χ1) is 7.32. The maximum absolute atomic E-state index is 11.0. The summed E-state index contributed by atoms with van der Waals surface area (Å²) in [5, 5.41) is 21.2. The van der Waals surface area contributed by atoms with E-state index in [9.17, 15) is 10.2 Å². The molecule has 0 amide bonds. The summed E-state index contributed by atoms with van der Waals surface area (Å²) in [5.41, 5.74) is -0.546. The second-order valence-electron chi connectivity index (χ2n) is 7.19. The van der Waals surface area contributed by atoms with Crippen LogP contribution in [0.3, 0.4) is 0 Å². The summed E-state index contributed by atoms with van der Waals surface area (Å²) in [6.07, 6.45) is 5.19. The van der Waals surface area contributed by atoms with E-state index in [1.54, 1.807) is 0 Å². The van der Waals surface area contributed by atoms with Crippen LogP contribution in [0.4, 0.5) is 0 Å². The summed E-state index contributed by atoms with van der Waals surface area (Å²) in [4.78, 5) is 0. The lowest BCUT2D eigenvalue weighted by Crippen LogP contribution is -2.59. The van der Waals surface area contributed by atoms with Crippen LogP contribution < -0.4 is 0 Å². The molecule has 2 heteroatoms. The average molecular weight is 224 g/mol. The average Bonchev–Trinajstić information content (AvgIpc) is 2.73. The van der Waals surface area contributed by atoms with Gasteiger partial charge in [0.05, 0.1) is 11.7 Å². The lowest BCUT2D eigenvalue weighted by Gasteiger charge is -2.56. The third kappa shape index (κ3) is 0.971. The molecule has 3 fully saturated rings. The van der Waals surface area contributed by atoms with Gasteiger partial charge in [-0.1, -0.05) is 13.8 Å². The van der Waals surface area contributed by atoms with Gasteiger partial charge in [-0.2, -0.15) is 0 Å². The lowest BCUT2D eigenvalue weighted by molar-refractivity contribution is -0.184. The zero-order valence-electron chi connectivity index (χ0n) is 10.7. The van der Waals surface area contributed by atoms with Gasteiger partial charge < -0.3 is 10.2 Å². The Morgan fingerprint density at radius 3 is 2.44 bits per heavy atom. The Hall–Kier alpha value is -0.0800. The van der Waals surface area contributed by atoms with Crippen LogP contribution in [0.5, 0.6) is 0 Å². The second kappa shape index (κ2) is 2.84. The standard InChI is InChI=1S/C14H24O2/c1-12(2)9-6-7-14(8-9)10(13(12,3)16)4-5-11(14)15/h9-11,15-16H,4-8H2,1-3H3/t9-,10-,11-,13+,14-/m0/s1. The van der Waals surface area contributed by atoms with E-state index in [-0.39, 0.29) is 16.9 Å². The Morgan fingerprint density at radius 2 is 1.75 bits per heavy atom. The van der Waals surface area contributed by atoms with Crippen molar-refractivity contribution in [2.24, 2.45) is 22.7 Å². The Bertz CT molecular complexity index is 321. The molecule has 16 heavy (non-hydrogen) atoms. The predicted molar refractivity (Wildman–Crippen MR) is 62.9 cm³/mol. The molecule has 3 aliphatic rings. The molecular weight excluding hydrogens is 200 g/mol. The van der Waals surface area contributed by atoms with E-state index in [1.807, 2.05) is 6.92 Å². The van der Waals surface area contributed by atoms with Gasteiger partial charge in [-0.3, -0.25) is 0 Å². The van der Waals surface area contributed by atoms with Crippen molar-refractivity contribution in [3.05, 3.63) is 0 Å². The number of rotatable bonds is 0. The van der Waals surface area contributed by atoms with Gasteiger partial charge in [0.1, 0.15) is 0 Å². The van der Waals surface area contributed by atoms with Gasteiger partial charge in [-0.15, -0.1) is 0 Å². The monoisotopic (exact) mass is 224 g/mol. The maximum Gasteiger partial charge on any atom is 0.0707 e. The van der Waals surface area contributed by atoms with Gasteiger partial charge in [-0.05, 0) is 56.3 Å². The number of hydrogen-bond donors (Lipinski definition) is 2. The van der Waals surface area contributed by atoms with Crippen LogP contribution in [0.15, 0.2) is 0 Å². The molecule has 3 aliphatic carbocycles. The first-order valence-electron chi connectivity index (χ1n) is 6.73. The summed E-state index contributed by atoms with van der Waals surface area (Å²) in [6, 6.07) is 0. The summed E-state index contributed by atoms with van der Waals surface area (Å²) < 4.78 is 0. The van der Waals surface area contributed by atoms with E-state index >= 15 is 0 Å².